The molecule has 0 atom stereocenters. The molecule has 0 bridgehead atoms. The first-order chi connectivity index (χ1) is 9.72. The highest BCUT2D eigenvalue weighted by atomic mass is 14.5. The number of nitrogen functional groups attached to an aromatic ring is 1. The minimum absolute atomic E-state index is 0.812. The molecular weight excluding hydrogens is 242 g/mol. The van der Waals surface area contributed by atoms with Crippen molar-refractivity contribution in [2.75, 3.05) is 5.73 Å². The molecule has 0 spiro atoms. The average molecular weight is 259 g/mol. The van der Waals surface area contributed by atoms with Crippen molar-refractivity contribution < 1.29 is 0 Å². The first-order valence-corrected chi connectivity index (χ1v) is 6.75. The first kappa shape index (κ1) is 12.5. The zero-order chi connectivity index (χ0) is 13.9. The van der Waals surface area contributed by atoms with Gasteiger partial charge >= 0.3 is 0 Å². The van der Waals surface area contributed by atoms with E-state index in [4.69, 9.17) is 5.73 Å². The molecule has 0 saturated carbocycles. The lowest BCUT2D eigenvalue weighted by molar-refractivity contribution is 1.46. The van der Waals surface area contributed by atoms with Gasteiger partial charge in [-0.1, -0.05) is 60.7 Å². The fourth-order valence-electron chi connectivity index (χ4n) is 2.47. The Morgan fingerprint density at radius 2 is 1.15 bits per heavy atom. The van der Waals surface area contributed by atoms with Crippen LogP contribution in [0.4, 0.5) is 5.69 Å². The lowest BCUT2D eigenvalue weighted by atomic mass is 9.99. The van der Waals surface area contributed by atoms with Crippen molar-refractivity contribution in [3.8, 4) is 22.3 Å². The molecule has 0 radical (unpaired) electrons. The number of anilines is 1. The van der Waals surface area contributed by atoms with Gasteiger partial charge in [-0.05, 0) is 46.9 Å². The quantitative estimate of drug-likeness (QED) is 0.650. The molecule has 0 aliphatic heterocycles. The SMILES string of the molecule is Cc1cc(N)cc(-c2ccc(-c3ccccc3)cc2)c1. The molecule has 98 valence electrons. The summed E-state index contributed by atoms with van der Waals surface area (Å²) in [5.74, 6) is 0. The Labute approximate surface area is 119 Å². The van der Waals surface area contributed by atoms with Gasteiger partial charge in [0, 0.05) is 5.69 Å². The Kier molecular flexibility index (Phi) is 3.26. The molecule has 3 rings (SSSR count). The normalized spacial score (nSPS) is 10.4. The van der Waals surface area contributed by atoms with Crippen molar-refractivity contribution in [3.05, 3.63) is 78.4 Å². The zero-order valence-electron chi connectivity index (χ0n) is 11.5. The second-order valence-corrected chi connectivity index (χ2v) is 5.08. The third-order valence-corrected chi connectivity index (χ3v) is 3.43. The summed E-state index contributed by atoms with van der Waals surface area (Å²) in [7, 11) is 0. The van der Waals surface area contributed by atoms with Crippen LogP contribution in [-0.2, 0) is 0 Å². The molecule has 3 aromatic carbocycles. The second kappa shape index (κ2) is 5.22. The van der Waals surface area contributed by atoms with Gasteiger partial charge in [-0.3, -0.25) is 0 Å². The largest absolute Gasteiger partial charge is 0.399 e. The summed E-state index contributed by atoms with van der Waals surface area (Å²) in [4.78, 5) is 0. The molecule has 0 heterocycles. The van der Waals surface area contributed by atoms with E-state index in [9.17, 15) is 0 Å². The van der Waals surface area contributed by atoms with Crippen LogP contribution >= 0.6 is 0 Å². The summed E-state index contributed by atoms with van der Waals surface area (Å²) < 4.78 is 0. The number of rotatable bonds is 2. The monoisotopic (exact) mass is 259 g/mol. The molecule has 0 saturated heterocycles. The predicted molar refractivity (Wildman–Crippen MR) is 86.5 cm³/mol. The molecule has 0 aliphatic carbocycles. The van der Waals surface area contributed by atoms with E-state index >= 15 is 0 Å². The highest BCUT2D eigenvalue weighted by Crippen LogP contribution is 2.26. The van der Waals surface area contributed by atoms with E-state index in [2.05, 4.69) is 61.5 Å². The van der Waals surface area contributed by atoms with Gasteiger partial charge in [0.15, 0.2) is 0 Å². The highest BCUT2D eigenvalue weighted by molar-refractivity contribution is 5.72. The Morgan fingerprint density at radius 1 is 0.600 bits per heavy atom. The lowest BCUT2D eigenvalue weighted by Gasteiger charge is -2.07. The van der Waals surface area contributed by atoms with Crippen molar-refractivity contribution >= 4 is 5.69 Å². The number of hydrogen-bond acceptors (Lipinski definition) is 1. The van der Waals surface area contributed by atoms with Gasteiger partial charge in [0.2, 0.25) is 0 Å². The Balaban J connectivity index is 1.97. The number of aryl methyl sites for hydroxylation is 1. The maximum absolute atomic E-state index is 5.92. The average Bonchev–Trinajstić information content (AvgIpc) is 2.47. The van der Waals surface area contributed by atoms with Crippen molar-refractivity contribution in [1.29, 1.82) is 0 Å². The van der Waals surface area contributed by atoms with Crippen LogP contribution in [-0.4, -0.2) is 0 Å². The van der Waals surface area contributed by atoms with E-state index in [-0.39, 0.29) is 0 Å². The van der Waals surface area contributed by atoms with Gasteiger partial charge in [0.05, 0.1) is 0 Å². The molecule has 3 aromatic rings. The third kappa shape index (κ3) is 2.57. The number of nitrogens with two attached hydrogens (primary N) is 1. The fourth-order valence-corrected chi connectivity index (χ4v) is 2.47. The lowest BCUT2D eigenvalue weighted by Crippen LogP contribution is -1.88. The molecule has 0 fully saturated rings. The molecule has 1 nitrogen and oxygen atoms in total. The van der Waals surface area contributed by atoms with Crippen LogP contribution in [0.2, 0.25) is 0 Å². The summed E-state index contributed by atoms with van der Waals surface area (Å²) in [6, 6.07) is 25.2. The minimum Gasteiger partial charge on any atom is -0.399 e. The van der Waals surface area contributed by atoms with E-state index < -0.39 is 0 Å². The molecule has 2 N–H and O–H groups in total. The van der Waals surface area contributed by atoms with E-state index in [1.807, 2.05) is 18.2 Å². The van der Waals surface area contributed by atoms with Crippen LogP contribution < -0.4 is 5.73 Å². The zero-order valence-corrected chi connectivity index (χ0v) is 11.5. The maximum Gasteiger partial charge on any atom is 0.0322 e. The van der Waals surface area contributed by atoms with E-state index in [0.717, 1.165) is 5.69 Å². The molecule has 0 amide bonds. The molecule has 0 aliphatic rings. The van der Waals surface area contributed by atoms with Crippen LogP contribution in [0, 0.1) is 6.92 Å². The Morgan fingerprint density at radius 3 is 1.75 bits per heavy atom. The van der Waals surface area contributed by atoms with E-state index in [1.165, 1.54) is 27.8 Å². The third-order valence-electron chi connectivity index (χ3n) is 3.43. The highest BCUT2D eigenvalue weighted by Gasteiger charge is 2.01. The van der Waals surface area contributed by atoms with Crippen molar-refractivity contribution in [3.63, 3.8) is 0 Å². The second-order valence-electron chi connectivity index (χ2n) is 5.08. The number of benzene rings is 3. The molecular formula is C19H17N. The van der Waals surface area contributed by atoms with Gasteiger partial charge in [-0.25, -0.2) is 0 Å². The van der Waals surface area contributed by atoms with E-state index in [0.29, 0.717) is 0 Å². The molecule has 20 heavy (non-hydrogen) atoms. The van der Waals surface area contributed by atoms with Gasteiger partial charge in [0.25, 0.3) is 0 Å². The smallest absolute Gasteiger partial charge is 0.0322 e. The van der Waals surface area contributed by atoms with Crippen molar-refractivity contribution in [1.82, 2.24) is 0 Å². The van der Waals surface area contributed by atoms with Gasteiger partial charge in [-0.15, -0.1) is 0 Å². The minimum atomic E-state index is 0.812. The molecule has 0 aromatic heterocycles. The summed E-state index contributed by atoms with van der Waals surface area (Å²) in [5.41, 5.74) is 12.8. The molecule has 1 heteroatoms. The van der Waals surface area contributed by atoms with Gasteiger partial charge < -0.3 is 5.73 Å². The Hall–Kier alpha value is -2.54. The summed E-state index contributed by atoms with van der Waals surface area (Å²) in [6.07, 6.45) is 0. The summed E-state index contributed by atoms with van der Waals surface area (Å²) >= 11 is 0. The molecule has 0 unspecified atom stereocenters. The number of hydrogen-bond donors (Lipinski definition) is 1. The van der Waals surface area contributed by atoms with Crippen LogP contribution in [0.25, 0.3) is 22.3 Å². The van der Waals surface area contributed by atoms with E-state index in [1.54, 1.807) is 0 Å². The van der Waals surface area contributed by atoms with Crippen molar-refractivity contribution in [2.24, 2.45) is 0 Å². The first-order valence-electron chi connectivity index (χ1n) is 6.75. The maximum atomic E-state index is 5.92. The van der Waals surface area contributed by atoms with Crippen LogP contribution in [0.3, 0.4) is 0 Å². The van der Waals surface area contributed by atoms with Crippen LogP contribution in [0.5, 0.6) is 0 Å². The van der Waals surface area contributed by atoms with Crippen molar-refractivity contribution in [2.45, 2.75) is 6.92 Å². The van der Waals surface area contributed by atoms with Crippen LogP contribution in [0.15, 0.2) is 72.8 Å². The Bertz CT molecular complexity index is 692. The predicted octanol–water partition coefficient (Wildman–Crippen LogP) is 4.91. The summed E-state index contributed by atoms with van der Waals surface area (Å²) in [6.45, 7) is 2.07. The fraction of sp³-hybridized carbons (Fsp3) is 0.0526. The van der Waals surface area contributed by atoms with Gasteiger partial charge in [0.1, 0.15) is 0 Å². The topological polar surface area (TPSA) is 26.0 Å². The standard InChI is InChI=1S/C19H17N/c1-14-11-18(13-19(20)12-14)17-9-7-16(8-10-17)15-5-3-2-4-6-15/h2-13H,20H2,1H3. The summed E-state index contributed by atoms with van der Waals surface area (Å²) in [5, 5.41) is 0. The van der Waals surface area contributed by atoms with Gasteiger partial charge in [-0.2, -0.15) is 0 Å². The van der Waals surface area contributed by atoms with Crippen LogP contribution in [0.1, 0.15) is 5.56 Å².